The molecule has 0 aliphatic rings. The minimum absolute atomic E-state index is 0.151. The predicted octanol–water partition coefficient (Wildman–Crippen LogP) is 3.51. The number of esters is 1. The Bertz CT molecular complexity index is 809. The summed E-state index contributed by atoms with van der Waals surface area (Å²) in [5.74, 6) is -0.376. The van der Waals surface area contributed by atoms with Crippen molar-refractivity contribution in [2.45, 2.75) is 6.92 Å². The molecule has 4 heteroatoms. The van der Waals surface area contributed by atoms with Crippen LogP contribution >= 0.6 is 0 Å². The van der Waals surface area contributed by atoms with E-state index in [1.165, 1.54) is 6.92 Å². The fraction of sp³-hybridized carbons (Fsp3) is 0.0556. The van der Waals surface area contributed by atoms with Crippen LogP contribution in [0.4, 0.5) is 0 Å². The van der Waals surface area contributed by atoms with Crippen LogP contribution in [0.3, 0.4) is 0 Å². The van der Waals surface area contributed by atoms with E-state index >= 15 is 0 Å². The predicted molar refractivity (Wildman–Crippen MR) is 81.8 cm³/mol. The van der Waals surface area contributed by atoms with Crippen LogP contribution in [0.2, 0.25) is 0 Å². The van der Waals surface area contributed by atoms with Gasteiger partial charge in [0.25, 0.3) is 0 Å². The molecule has 0 aromatic heterocycles. The van der Waals surface area contributed by atoms with E-state index in [2.05, 4.69) is 0 Å². The van der Waals surface area contributed by atoms with Crippen molar-refractivity contribution in [3.63, 3.8) is 0 Å². The molecule has 106 valence electrons. The van der Waals surface area contributed by atoms with Gasteiger partial charge >= 0.3 is 5.97 Å². The fourth-order valence-corrected chi connectivity index (χ4v) is 2.02. The minimum atomic E-state index is -0.527. The molecule has 0 heterocycles. The van der Waals surface area contributed by atoms with Gasteiger partial charge in [-0.05, 0) is 6.07 Å². The van der Waals surface area contributed by atoms with Crippen molar-refractivity contribution >= 4 is 17.3 Å². The van der Waals surface area contributed by atoms with E-state index < -0.39 is 5.97 Å². The maximum Gasteiger partial charge on any atom is 0.308 e. The van der Waals surface area contributed by atoms with Crippen molar-refractivity contribution in [1.82, 2.24) is 0 Å². The molecular formula is C18H12N2O2. The molecule has 0 fully saturated rings. The zero-order chi connectivity index (χ0) is 15.9. The SMILES string of the molecule is CC(=O)O/C(=C(/C#N)c1ccccc1C#N)c1ccccc1. The quantitative estimate of drug-likeness (QED) is 0.375. The van der Waals surface area contributed by atoms with E-state index in [1.54, 1.807) is 48.5 Å². The Morgan fingerprint density at radius 1 is 1.00 bits per heavy atom. The van der Waals surface area contributed by atoms with E-state index in [-0.39, 0.29) is 11.3 Å². The first-order chi connectivity index (χ1) is 10.7. The second-order valence-electron chi connectivity index (χ2n) is 4.43. The van der Waals surface area contributed by atoms with Crippen LogP contribution in [0.15, 0.2) is 54.6 Å². The summed E-state index contributed by atoms with van der Waals surface area (Å²) in [5.41, 5.74) is 1.53. The molecule has 0 unspecified atom stereocenters. The highest BCUT2D eigenvalue weighted by molar-refractivity contribution is 5.98. The second-order valence-corrected chi connectivity index (χ2v) is 4.43. The van der Waals surface area contributed by atoms with Crippen molar-refractivity contribution in [3.8, 4) is 12.1 Å². The zero-order valence-corrected chi connectivity index (χ0v) is 11.9. The Morgan fingerprint density at radius 2 is 1.64 bits per heavy atom. The maximum absolute atomic E-state index is 11.4. The molecule has 0 aliphatic heterocycles. The van der Waals surface area contributed by atoms with Crippen molar-refractivity contribution < 1.29 is 9.53 Å². The number of allylic oxidation sites excluding steroid dienone is 1. The lowest BCUT2D eigenvalue weighted by molar-refractivity contribution is -0.134. The number of carbonyl (C=O) groups is 1. The number of hydrogen-bond acceptors (Lipinski definition) is 4. The number of ether oxygens (including phenoxy) is 1. The van der Waals surface area contributed by atoms with Gasteiger partial charge in [0, 0.05) is 18.1 Å². The van der Waals surface area contributed by atoms with E-state index in [9.17, 15) is 15.3 Å². The van der Waals surface area contributed by atoms with E-state index in [1.807, 2.05) is 18.2 Å². The molecule has 0 saturated carbocycles. The molecule has 0 spiro atoms. The van der Waals surface area contributed by atoms with Gasteiger partial charge in [0.05, 0.1) is 11.6 Å². The summed E-state index contributed by atoms with van der Waals surface area (Å²) in [5, 5.41) is 18.7. The average molecular weight is 288 g/mol. The highest BCUT2D eigenvalue weighted by atomic mass is 16.5. The van der Waals surface area contributed by atoms with Crippen molar-refractivity contribution in [3.05, 3.63) is 71.3 Å². The molecule has 2 aromatic rings. The fourth-order valence-electron chi connectivity index (χ4n) is 2.02. The molecule has 0 saturated heterocycles. The van der Waals surface area contributed by atoms with Crippen LogP contribution < -0.4 is 0 Å². The van der Waals surface area contributed by atoms with Crippen LogP contribution in [0.5, 0.6) is 0 Å². The topological polar surface area (TPSA) is 73.9 Å². The Morgan fingerprint density at radius 3 is 2.23 bits per heavy atom. The highest BCUT2D eigenvalue weighted by Gasteiger charge is 2.17. The van der Waals surface area contributed by atoms with Crippen LogP contribution in [-0.2, 0) is 9.53 Å². The number of carbonyl (C=O) groups excluding carboxylic acids is 1. The molecule has 0 amide bonds. The molecular weight excluding hydrogens is 276 g/mol. The molecule has 0 N–H and O–H groups in total. The summed E-state index contributed by atoms with van der Waals surface area (Å²) < 4.78 is 5.25. The number of hydrogen-bond donors (Lipinski definition) is 0. The van der Waals surface area contributed by atoms with Crippen LogP contribution in [0.1, 0.15) is 23.6 Å². The lowest BCUT2D eigenvalue weighted by Gasteiger charge is -2.11. The molecule has 0 bridgehead atoms. The van der Waals surface area contributed by atoms with Crippen LogP contribution in [-0.4, -0.2) is 5.97 Å². The molecule has 2 aromatic carbocycles. The molecule has 0 atom stereocenters. The zero-order valence-electron chi connectivity index (χ0n) is 11.9. The average Bonchev–Trinajstić information content (AvgIpc) is 2.55. The first kappa shape index (κ1) is 15.0. The Kier molecular flexibility index (Phi) is 4.70. The van der Waals surface area contributed by atoms with Crippen molar-refractivity contribution in [1.29, 1.82) is 10.5 Å². The van der Waals surface area contributed by atoms with Crippen LogP contribution in [0.25, 0.3) is 11.3 Å². The standard InChI is InChI=1S/C18H12N2O2/c1-13(21)22-18(14-7-3-2-4-8-14)17(12-20)16-10-6-5-9-15(16)11-19/h2-10H,1H3/b18-17-. The third kappa shape index (κ3) is 3.20. The summed E-state index contributed by atoms with van der Waals surface area (Å²) in [6, 6.07) is 19.7. The second kappa shape index (κ2) is 6.88. The number of benzene rings is 2. The smallest absolute Gasteiger partial charge is 0.308 e. The summed E-state index contributed by atoms with van der Waals surface area (Å²) in [4.78, 5) is 11.4. The van der Waals surface area contributed by atoms with Gasteiger partial charge in [-0.3, -0.25) is 4.79 Å². The lowest BCUT2D eigenvalue weighted by atomic mass is 9.98. The maximum atomic E-state index is 11.4. The third-order valence-electron chi connectivity index (χ3n) is 2.94. The van der Waals surface area contributed by atoms with E-state index in [0.717, 1.165) is 0 Å². The summed E-state index contributed by atoms with van der Waals surface area (Å²) in [6.45, 7) is 1.27. The number of rotatable bonds is 3. The summed E-state index contributed by atoms with van der Waals surface area (Å²) >= 11 is 0. The van der Waals surface area contributed by atoms with Gasteiger partial charge in [-0.15, -0.1) is 0 Å². The normalized spacial score (nSPS) is 10.9. The first-order valence-corrected chi connectivity index (χ1v) is 6.55. The molecule has 0 aliphatic carbocycles. The lowest BCUT2D eigenvalue weighted by Crippen LogP contribution is -2.02. The van der Waals surface area contributed by atoms with Gasteiger partial charge in [-0.2, -0.15) is 10.5 Å². The van der Waals surface area contributed by atoms with Crippen molar-refractivity contribution in [2.24, 2.45) is 0 Å². The van der Waals surface area contributed by atoms with E-state index in [4.69, 9.17) is 4.74 Å². The van der Waals surface area contributed by atoms with Gasteiger partial charge in [0.15, 0.2) is 5.76 Å². The number of nitriles is 2. The Labute approximate surface area is 128 Å². The minimum Gasteiger partial charge on any atom is -0.425 e. The molecule has 22 heavy (non-hydrogen) atoms. The molecule has 4 nitrogen and oxygen atoms in total. The van der Waals surface area contributed by atoms with Gasteiger partial charge < -0.3 is 4.74 Å². The Balaban J connectivity index is 2.73. The summed E-state index contributed by atoms with van der Waals surface area (Å²) in [6.07, 6.45) is 0. The third-order valence-corrected chi connectivity index (χ3v) is 2.94. The Hall–Kier alpha value is -3.37. The van der Waals surface area contributed by atoms with Gasteiger partial charge in [-0.1, -0.05) is 48.5 Å². The van der Waals surface area contributed by atoms with Gasteiger partial charge in [0.1, 0.15) is 11.6 Å². The highest BCUT2D eigenvalue weighted by Crippen LogP contribution is 2.29. The number of nitrogens with zero attached hydrogens (tertiary/aromatic N) is 2. The van der Waals surface area contributed by atoms with Crippen LogP contribution in [0, 0.1) is 22.7 Å². The monoisotopic (exact) mass is 288 g/mol. The van der Waals surface area contributed by atoms with Gasteiger partial charge in [-0.25, -0.2) is 0 Å². The van der Waals surface area contributed by atoms with Gasteiger partial charge in [0.2, 0.25) is 0 Å². The first-order valence-electron chi connectivity index (χ1n) is 6.55. The van der Waals surface area contributed by atoms with Crippen molar-refractivity contribution in [2.75, 3.05) is 0 Å². The summed E-state index contributed by atoms with van der Waals surface area (Å²) in [7, 11) is 0. The molecule has 2 rings (SSSR count). The molecule has 0 radical (unpaired) electrons. The van der Waals surface area contributed by atoms with E-state index in [0.29, 0.717) is 16.7 Å². The largest absolute Gasteiger partial charge is 0.425 e.